The quantitative estimate of drug-likeness (QED) is 0.235. The maximum atomic E-state index is 13.2. The maximum absolute atomic E-state index is 13.2. The van der Waals surface area contributed by atoms with E-state index < -0.39 is 37.0 Å². The molecule has 4 aliphatic carbocycles. The van der Waals surface area contributed by atoms with Crippen LogP contribution in [0.1, 0.15) is 25.0 Å². The first-order chi connectivity index (χ1) is 18.9. The molecule has 2 nitrogen and oxygen atoms in total. The van der Waals surface area contributed by atoms with Gasteiger partial charge in [0, 0.05) is 6.04 Å². The molecule has 1 aromatic rings. The summed E-state index contributed by atoms with van der Waals surface area (Å²) in [4.78, 5) is 0. The summed E-state index contributed by atoms with van der Waals surface area (Å²) in [6.45, 7) is 9.46. The van der Waals surface area contributed by atoms with E-state index in [9.17, 15) is 13.2 Å². The molecule has 1 aromatic carbocycles. The van der Waals surface area contributed by atoms with Crippen LogP contribution >= 0.6 is 18.6 Å². The molecule has 5 aliphatic rings. The topological polar surface area (TPSA) is 17.3 Å². The molecule has 9 heteroatoms. The van der Waals surface area contributed by atoms with Crippen molar-refractivity contribution in [2.24, 2.45) is 23.7 Å². The van der Waals surface area contributed by atoms with Crippen molar-refractivity contribution >= 4 is 32.4 Å². The zero-order valence-corrected chi connectivity index (χ0v) is 28.1. The van der Waals surface area contributed by atoms with E-state index in [4.69, 9.17) is 23.9 Å². The molecule has 1 aliphatic heterocycles. The van der Waals surface area contributed by atoms with Gasteiger partial charge in [-0.3, -0.25) is 0 Å². The van der Waals surface area contributed by atoms with Crippen LogP contribution < -0.4 is 0 Å². The van der Waals surface area contributed by atoms with E-state index in [2.05, 4.69) is 92.3 Å². The van der Waals surface area contributed by atoms with E-state index >= 15 is 0 Å². The Morgan fingerprint density at radius 1 is 0.829 bits per heavy atom. The van der Waals surface area contributed by atoms with Crippen LogP contribution in [0.2, 0.25) is 18.6 Å². The molecule has 6 rings (SSSR count). The van der Waals surface area contributed by atoms with E-state index in [0.717, 1.165) is 11.1 Å². The van der Waals surface area contributed by atoms with Gasteiger partial charge in [0.1, 0.15) is 8.24 Å². The van der Waals surface area contributed by atoms with Crippen LogP contribution in [-0.2, 0) is 23.2 Å². The van der Waals surface area contributed by atoms with Gasteiger partial charge < -0.3 is 17.3 Å². The molecule has 0 amide bonds. The van der Waals surface area contributed by atoms with E-state index in [0.29, 0.717) is 29.2 Å². The molecule has 2 fully saturated rings. The molecule has 0 bridgehead atoms. The predicted molar refractivity (Wildman–Crippen MR) is 165 cm³/mol. The van der Waals surface area contributed by atoms with Crippen LogP contribution in [0.3, 0.4) is 0 Å². The van der Waals surface area contributed by atoms with Crippen LogP contribution in [0.25, 0.3) is 10.9 Å². The first kappa shape index (κ1) is 32.8. The van der Waals surface area contributed by atoms with Gasteiger partial charge in [-0.25, -0.2) is 0 Å². The molecule has 0 spiro atoms. The molecule has 1 saturated carbocycles. The summed E-state index contributed by atoms with van der Waals surface area (Å²) >= 11 is -0.556. The normalized spacial score (nSPS) is 32.7. The van der Waals surface area contributed by atoms with Gasteiger partial charge in [0.15, 0.2) is 0 Å². The Balaban J connectivity index is 0.000000929. The molecule has 1 saturated heterocycles. The molecule has 1 heterocycles. The van der Waals surface area contributed by atoms with Gasteiger partial charge in [-0.2, -0.15) is 13.2 Å². The zero-order chi connectivity index (χ0) is 28.9. The summed E-state index contributed by atoms with van der Waals surface area (Å²) in [6, 6.07) is 5.57. The standard InChI is InChI=1S/C31H34F3N2Si.CH3.2ClH.Ti/c1-30(2)35-28-22(20-16-18-21(19-17-20)31(32,33)34)14-9-15-27(28)36(30)37(3,4)29-25-12-7-5-10-23(25)24-11-6-8-13-26(24)29;;;;/h5-19,23-29H,1-4H3;1H3;2*1H;/q2*-1;;;+2/p-2/t23?,24?,25?,26?,27-,28?,29?;;;;/m1..../s1. The Morgan fingerprint density at radius 2 is 1.32 bits per heavy atom. The Kier molecular flexibility index (Phi) is 9.97. The number of rotatable bonds is 3. The third-order valence-electron chi connectivity index (χ3n) is 9.27. The van der Waals surface area contributed by atoms with Gasteiger partial charge in [0.05, 0.1) is 5.56 Å². The number of halogens is 5. The summed E-state index contributed by atoms with van der Waals surface area (Å²) in [5.74, 6) is 2.05. The number of fused-ring (bicyclic) bond motifs is 4. The predicted octanol–water partition coefficient (Wildman–Crippen LogP) is 9.95. The second-order valence-corrected chi connectivity index (χ2v) is 19.1. The number of nitrogens with zero attached hydrogens (tertiary/aromatic N) is 2. The Bertz CT molecular complexity index is 1250. The van der Waals surface area contributed by atoms with E-state index in [1.54, 1.807) is 12.1 Å². The van der Waals surface area contributed by atoms with Gasteiger partial charge >= 0.3 is 41.8 Å². The molecular formula is C32H37Cl2F3N2SiTi-2. The summed E-state index contributed by atoms with van der Waals surface area (Å²) in [5, 5.41) is 5.35. The number of alkyl halides is 3. The van der Waals surface area contributed by atoms with Crippen molar-refractivity contribution < 1.29 is 30.2 Å². The summed E-state index contributed by atoms with van der Waals surface area (Å²) in [7, 11) is 7.66. The molecule has 41 heavy (non-hydrogen) atoms. The van der Waals surface area contributed by atoms with Crippen LogP contribution in [0, 0.1) is 31.1 Å². The number of hydrogen-bond donors (Lipinski definition) is 0. The van der Waals surface area contributed by atoms with Crippen molar-refractivity contribution in [2.75, 3.05) is 0 Å². The summed E-state index contributed by atoms with van der Waals surface area (Å²) < 4.78 is 42.3. The average molecular weight is 654 g/mol. The number of benzene rings is 1. The Morgan fingerprint density at radius 3 is 1.80 bits per heavy atom. The first-order valence-electron chi connectivity index (χ1n) is 13.7. The van der Waals surface area contributed by atoms with Crippen LogP contribution in [0.15, 0.2) is 91.1 Å². The minimum atomic E-state index is -4.34. The fourth-order valence-corrected chi connectivity index (χ4v) is 13.5. The van der Waals surface area contributed by atoms with Crippen LogP contribution in [-0.4, -0.2) is 30.5 Å². The third-order valence-corrected chi connectivity index (χ3v) is 13.8. The molecule has 5 unspecified atom stereocenters. The molecule has 220 valence electrons. The van der Waals surface area contributed by atoms with Gasteiger partial charge in [-0.1, -0.05) is 123 Å². The second kappa shape index (κ2) is 12.5. The average Bonchev–Trinajstić information content (AvgIpc) is 3.40. The van der Waals surface area contributed by atoms with Crippen molar-refractivity contribution in [3.05, 3.63) is 115 Å². The second-order valence-electron chi connectivity index (χ2n) is 12.1. The summed E-state index contributed by atoms with van der Waals surface area (Å²) in [5.41, 5.74) is 1.36. The zero-order valence-electron chi connectivity index (χ0n) is 24.0. The Labute approximate surface area is 260 Å². The van der Waals surface area contributed by atoms with Crippen molar-refractivity contribution in [3.63, 3.8) is 0 Å². The third kappa shape index (κ3) is 6.00. The minimum absolute atomic E-state index is 0. The molecule has 6 atom stereocenters. The van der Waals surface area contributed by atoms with Gasteiger partial charge in [-0.05, 0) is 46.9 Å². The van der Waals surface area contributed by atoms with E-state index in [1.807, 2.05) is 6.08 Å². The fraction of sp³-hybridized carbons (Fsp3) is 0.406. The monoisotopic (exact) mass is 652 g/mol. The van der Waals surface area contributed by atoms with E-state index in [-0.39, 0.29) is 25.2 Å². The first-order valence-corrected chi connectivity index (χ1v) is 21.0. The molecule has 0 N–H and O–H groups in total. The van der Waals surface area contributed by atoms with Crippen molar-refractivity contribution in [1.29, 1.82) is 0 Å². The van der Waals surface area contributed by atoms with Crippen molar-refractivity contribution in [1.82, 2.24) is 4.57 Å². The van der Waals surface area contributed by atoms with Crippen molar-refractivity contribution in [2.45, 2.75) is 56.4 Å². The molecular weight excluding hydrogens is 616 g/mol. The van der Waals surface area contributed by atoms with Crippen LogP contribution in [0.5, 0.6) is 0 Å². The number of allylic oxidation sites excluding steroid dienone is 10. The van der Waals surface area contributed by atoms with Gasteiger partial charge in [0.2, 0.25) is 0 Å². The number of hydrogen-bond acceptors (Lipinski definition) is 1. The molecule has 0 radical (unpaired) electrons. The van der Waals surface area contributed by atoms with Gasteiger partial charge in [-0.15, -0.1) is 0 Å². The van der Waals surface area contributed by atoms with Crippen molar-refractivity contribution in [3.8, 4) is 0 Å². The van der Waals surface area contributed by atoms with Gasteiger partial charge in [0.25, 0.3) is 0 Å². The SMILES string of the molecule is CC1(C)[N-]C2C(c3ccc(C(F)(F)F)cc3)=CC=C[C@H]2N1[Si](C)(C)C1C2C=CC=CC2C2C=CC=CC21.[CH3-].[Cl][Ti][Cl]. The molecule has 0 aromatic heterocycles. The Hall–Kier alpha value is -1.12. The van der Waals surface area contributed by atoms with E-state index in [1.165, 1.54) is 12.1 Å². The van der Waals surface area contributed by atoms with Crippen LogP contribution in [0.4, 0.5) is 13.2 Å². The summed E-state index contributed by atoms with van der Waals surface area (Å²) in [6.07, 6.45) is 20.6. The fourth-order valence-electron chi connectivity index (χ4n) is 8.14.